The number of carbonyl (C=O) groups excluding carboxylic acids is 1. The van der Waals surface area contributed by atoms with Gasteiger partial charge in [0, 0.05) is 24.9 Å². The van der Waals surface area contributed by atoms with Crippen molar-refractivity contribution in [2.24, 2.45) is 0 Å². The highest BCUT2D eigenvalue weighted by atomic mass is 16.5. The first-order chi connectivity index (χ1) is 10.3. The first-order valence-corrected chi connectivity index (χ1v) is 7.23. The van der Waals surface area contributed by atoms with Gasteiger partial charge >= 0.3 is 0 Å². The highest BCUT2D eigenvalue weighted by molar-refractivity contribution is 5.81. The third-order valence-corrected chi connectivity index (χ3v) is 3.61. The molecule has 1 saturated heterocycles. The lowest BCUT2D eigenvalue weighted by atomic mass is 10.1. The van der Waals surface area contributed by atoms with Crippen LogP contribution in [-0.2, 0) is 16.1 Å². The fourth-order valence-corrected chi connectivity index (χ4v) is 2.52. The maximum absolute atomic E-state index is 12.0. The number of hydrogen-bond acceptors (Lipinski definition) is 3. The standard InChI is InChI=1S/C17H18N2O2/c20-17(15-9-5-11-21-15)19-12-14-8-4-10-18-16(14)13-6-2-1-3-7-13/h1-4,6-8,10,15H,5,9,11-12H2,(H,19,20). The molecule has 108 valence electrons. The van der Waals surface area contributed by atoms with E-state index in [-0.39, 0.29) is 12.0 Å². The van der Waals surface area contributed by atoms with Crippen LogP contribution in [-0.4, -0.2) is 23.6 Å². The van der Waals surface area contributed by atoms with Crippen molar-refractivity contribution in [3.63, 3.8) is 0 Å². The van der Waals surface area contributed by atoms with Gasteiger partial charge in [-0.1, -0.05) is 36.4 Å². The van der Waals surface area contributed by atoms with Gasteiger partial charge in [-0.3, -0.25) is 9.78 Å². The highest BCUT2D eigenvalue weighted by Crippen LogP contribution is 2.20. The van der Waals surface area contributed by atoms with Crippen LogP contribution in [0.3, 0.4) is 0 Å². The van der Waals surface area contributed by atoms with Gasteiger partial charge < -0.3 is 10.1 Å². The fraction of sp³-hybridized carbons (Fsp3) is 0.294. The minimum absolute atomic E-state index is 0.0321. The predicted octanol–water partition coefficient (Wildman–Crippen LogP) is 2.54. The fourth-order valence-electron chi connectivity index (χ4n) is 2.52. The molecule has 1 N–H and O–H groups in total. The third-order valence-electron chi connectivity index (χ3n) is 3.61. The molecular formula is C17H18N2O2. The van der Waals surface area contributed by atoms with E-state index in [1.54, 1.807) is 6.20 Å². The highest BCUT2D eigenvalue weighted by Gasteiger charge is 2.23. The summed E-state index contributed by atoms with van der Waals surface area (Å²) in [5.41, 5.74) is 2.97. The zero-order valence-electron chi connectivity index (χ0n) is 11.8. The number of nitrogens with one attached hydrogen (secondary N) is 1. The second kappa shape index (κ2) is 6.50. The third kappa shape index (κ3) is 3.28. The van der Waals surface area contributed by atoms with Crippen LogP contribution >= 0.6 is 0 Å². The van der Waals surface area contributed by atoms with Gasteiger partial charge in [-0.2, -0.15) is 0 Å². The van der Waals surface area contributed by atoms with E-state index in [0.29, 0.717) is 13.2 Å². The molecule has 0 bridgehead atoms. The van der Waals surface area contributed by atoms with Crippen molar-refractivity contribution in [2.45, 2.75) is 25.5 Å². The van der Waals surface area contributed by atoms with E-state index < -0.39 is 0 Å². The molecule has 1 amide bonds. The van der Waals surface area contributed by atoms with Gasteiger partial charge in [0.15, 0.2) is 0 Å². The molecule has 2 aromatic rings. The Labute approximate surface area is 124 Å². The van der Waals surface area contributed by atoms with Crippen LogP contribution in [0.2, 0.25) is 0 Å². The number of amides is 1. The largest absolute Gasteiger partial charge is 0.368 e. The lowest BCUT2D eigenvalue weighted by Crippen LogP contribution is -2.33. The topological polar surface area (TPSA) is 51.2 Å². The average molecular weight is 282 g/mol. The molecule has 1 atom stereocenters. The van der Waals surface area contributed by atoms with E-state index >= 15 is 0 Å². The molecule has 3 rings (SSSR count). The van der Waals surface area contributed by atoms with Crippen molar-refractivity contribution < 1.29 is 9.53 Å². The minimum atomic E-state index is -0.290. The molecule has 1 aliphatic rings. The molecule has 0 spiro atoms. The Morgan fingerprint density at radius 1 is 1.24 bits per heavy atom. The van der Waals surface area contributed by atoms with Crippen LogP contribution in [0.25, 0.3) is 11.3 Å². The molecule has 0 saturated carbocycles. The van der Waals surface area contributed by atoms with Crippen LogP contribution in [0.1, 0.15) is 18.4 Å². The monoisotopic (exact) mass is 282 g/mol. The summed E-state index contributed by atoms with van der Waals surface area (Å²) in [6.07, 6.45) is 3.25. The van der Waals surface area contributed by atoms with Crippen molar-refractivity contribution in [2.75, 3.05) is 6.61 Å². The summed E-state index contributed by atoms with van der Waals surface area (Å²) in [6.45, 7) is 1.15. The first kappa shape index (κ1) is 13.8. The van der Waals surface area contributed by atoms with Crippen molar-refractivity contribution >= 4 is 5.91 Å². The van der Waals surface area contributed by atoms with Gasteiger partial charge in [0.05, 0.1) is 5.69 Å². The summed E-state index contributed by atoms with van der Waals surface area (Å²) in [6, 6.07) is 13.9. The Hall–Kier alpha value is -2.20. The van der Waals surface area contributed by atoms with Crippen LogP contribution in [0.4, 0.5) is 0 Å². The first-order valence-electron chi connectivity index (χ1n) is 7.23. The lowest BCUT2D eigenvalue weighted by Gasteiger charge is -2.12. The summed E-state index contributed by atoms with van der Waals surface area (Å²) in [5.74, 6) is -0.0321. The van der Waals surface area contributed by atoms with Gasteiger partial charge in [0.2, 0.25) is 5.91 Å². The Balaban J connectivity index is 1.72. The van der Waals surface area contributed by atoms with Gasteiger partial charge in [0.1, 0.15) is 6.10 Å². The zero-order valence-corrected chi connectivity index (χ0v) is 11.8. The molecule has 0 aliphatic carbocycles. The molecule has 1 aromatic carbocycles. The maximum Gasteiger partial charge on any atom is 0.249 e. The SMILES string of the molecule is O=C(NCc1cccnc1-c1ccccc1)C1CCCO1. The lowest BCUT2D eigenvalue weighted by molar-refractivity contribution is -0.130. The molecule has 1 aromatic heterocycles. The van der Waals surface area contributed by atoms with Crippen molar-refractivity contribution in [3.05, 3.63) is 54.2 Å². The zero-order chi connectivity index (χ0) is 14.5. The van der Waals surface area contributed by atoms with Gasteiger partial charge in [-0.25, -0.2) is 0 Å². The average Bonchev–Trinajstić information content (AvgIpc) is 3.08. The van der Waals surface area contributed by atoms with Crippen LogP contribution in [0.5, 0.6) is 0 Å². The molecule has 0 radical (unpaired) electrons. The number of pyridine rings is 1. The number of carbonyl (C=O) groups is 1. The summed E-state index contributed by atoms with van der Waals surface area (Å²) in [5, 5.41) is 2.95. The van der Waals surface area contributed by atoms with Gasteiger partial charge in [0.25, 0.3) is 0 Å². The van der Waals surface area contributed by atoms with E-state index in [2.05, 4.69) is 10.3 Å². The maximum atomic E-state index is 12.0. The quantitative estimate of drug-likeness (QED) is 0.937. The summed E-state index contributed by atoms with van der Waals surface area (Å²) < 4.78 is 5.39. The Bertz CT molecular complexity index is 607. The second-order valence-corrected chi connectivity index (χ2v) is 5.10. The molecule has 1 fully saturated rings. The van der Waals surface area contributed by atoms with Crippen LogP contribution in [0, 0.1) is 0 Å². The van der Waals surface area contributed by atoms with Gasteiger partial charge in [-0.05, 0) is 24.5 Å². The minimum Gasteiger partial charge on any atom is -0.368 e. The van der Waals surface area contributed by atoms with Crippen LogP contribution < -0.4 is 5.32 Å². The number of nitrogens with zero attached hydrogens (tertiary/aromatic N) is 1. The number of benzene rings is 1. The van der Waals surface area contributed by atoms with Crippen molar-refractivity contribution in [3.8, 4) is 11.3 Å². The molecule has 2 heterocycles. The van der Waals surface area contributed by atoms with E-state index in [0.717, 1.165) is 29.7 Å². The normalized spacial score (nSPS) is 17.6. The number of rotatable bonds is 4. The Morgan fingerprint density at radius 2 is 2.10 bits per heavy atom. The van der Waals surface area contributed by atoms with E-state index in [1.807, 2.05) is 42.5 Å². The summed E-state index contributed by atoms with van der Waals surface area (Å²) in [4.78, 5) is 16.5. The molecule has 21 heavy (non-hydrogen) atoms. The molecule has 4 heteroatoms. The number of aromatic nitrogens is 1. The second-order valence-electron chi connectivity index (χ2n) is 5.10. The number of hydrogen-bond donors (Lipinski definition) is 1. The Morgan fingerprint density at radius 3 is 2.86 bits per heavy atom. The van der Waals surface area contributed by atoms with E-state index in [9.17, 15) is 4.79 Å². The Kier molecular flexibility index (Phi) is 4.26. The van der Waals surface area contributed by atoms with Crippen LogP contribution in [0.15, 0.2) is 48.7 Å². The number of ether oxygens (including phenoxy) is 1. The molecular weight excluding hydrogens is 264 g/mol. The van der Waals surface area contributed by atoms with E-state index in [1.165, 1.54) is 0 Å². The molecule has 1 unspecified atom stereocenters. The summed E-state index contributed by atoms with van der Waals surface area (Å²) >= 11 is 0. The predicted molar refractivity (Wildman–Crippen MR) is 80.5 cm³/mol. The van der Waals surface area contributed by atoms with Crippen molar-refractivity contribution in [1.82, 2.24) is 10.3 Å². The smallest absolute Gasteiger partial charge is 0.249 e. The van der Waals surface area contributed by atoms with E-state index in [4.69, 9.17) is 4.74 Å². The summed E-state index contributed by atoms with van der Waals surface area (Å²) in [7, 11) is 0. The van der Waals surface area contributed by atoms with Crippen molar-refractivity contribution in [1.29, 1.82) is 0 Å². The molecule has 4 nitrogen and oxygen atoms in total. The van der Waals surface area contributed by atoms with Gasteiger partial charge in [-0.15, -0.1) is 0 Å². The molecule has 1 aliphatic heterocycles.